The topological polar surface area (TPSA) is 55.6 Å². The van der Waals surface area contributed by atoms with Crippen molar-refractivity contribution < 1.29 is 9.53 Å². The van der Waals surface area contributed by atoms with Crippen LogP contribution >= 0.6 is 0 Å². The van der Waals surface area contributed by atoms with Gasteiger partial charge < -0.3 is 15.4 Å². The predicted octanol–water partition coefficient (Wildman–Crippen LogP) is 1.24. The summed E-state index contributed by atoms with van der Waals surface area (Å²) in [5.74, 6) is -0.0469. The smallest absolute Gasteiger partial charge is 0.244 e. The van der Waals surface area contributed by atoms with E-state index in [0.717, 1.165) is 24.2 Å². The van der Waals surface area contributed by atoms with Crippen LogP contribution in [-0.2, 0) is 9.53 Å². The fraction of sp³-hybridized carbons (Fsp3) is 0.500. The molecule has 1 amide bonds. The molecule has 2 unspecified atom stereocenters. The molecule has 1 heterocycles. The van der Waals surface area contributed by atoms with Gasteiger partial charge in [-0.25, -0.2) is 0 Å². The molecule has 0 radical (unpaired) electrons. The van der Waals surface area contributed by atoms with Gasteiger partial charge >= 0.3 is 0 Å². The maximum Gasteiger partial charge on any atom is 0.244 e. The fourth-order valence-electron chi connectivity index (χ4n) is 2.14. The SMILES string of the molecule is Cc1ccc(C(N)C(=O)N(C)C2CCOC2)cc1. The van der Waals surface area contributed by atoms with Crippen LogP contribution in [0.4, 0.5) is 0 Å². The van der Waals surface area contributed by atoms with Crippen molar-refractivity contribution in [3.05, 3.63) is 35.4 Å². The van der Waals surface area contributed by atoms with E-state index in [2.05, 4.69) is 0 Å². The Balaban J connectivity index is 2.05. The molecule has 1 saturated heterocycles. The number of hydrogen-bond acceptors (Lipinski definition) is 3. The van der Waals surface area contributed by atoms with Crippen LogP contribution in [0.2, 0.25) is 0 Å². The summed E-state index contributed by atoms with van der Waals surface area (Å²) in [6.07, 6.45) is 0.892. The maximum absolute atomic E-state index is 12.3. The van der Waals surface area contributed by atoms with E-state index in [0.29, 0.717) is 6.61 Å². The van der Waals surface area contributed by atoms with Crippen molar-refractivity contribution in [1.29, 1.82) is 0 Å². The molecule has 1 aliphatic heterocycles. The van der Waals surface area contributed by atoms with Gasteiger partial charge in [0.2, 0.25) is 5.91 Å². The average molecular weight is 248 g/mol. The van der Waals surface area contributed by atoms with E-state index in [1.54, 1.807) is 11.9 Å². The zero-order chi connectivity index (χ0) is 13.1. The van der Waals surface area contributed by atoms with E-state index < -0.39 is 6.04 Å². The summed E-state index contributed by atoms with van der Waals surface area (Å²) in [6, 6.07) is 7.35. The predicted molar refractivity (Wildman–Crippen MR) is 70.1 cm³/mol. The summed E-state index contributed by atoms with van der Waals surface area (Å²) in [7, 11) is 1.80. The monoisotopic (exact) mass is 248 g/mol. The third-order valence-corrected chi connectivity index (χ3v) is 3.50. The minimum absolute atomic E-state index is 0.0469. The van der Waals surface area contributed by atoms with Crippen LogP contribution in [0.1, 0.15) is 23.6 Å². The summed E-state index contributed by atoms with van der Waals surface area (Å²) in [4.78, 5) is 14.0. The molecule has 2 atom stereocenters. The Bertz CT molecular complexity index is 410. The summed E-state index contributed by atoms with van der Waals surface area (Å²) in [5, 5.41) is 0. The van der Waals surface area contributed by atoms with Gasteiger partial charge in [-0.1, -0.05) is 29.8 Å². The number of nitrogens with two attached hydrogens (primary N) is 1. The number of carbonyl (C=O) groups is 1. The van der Waals surface area contributed by atoms with E-state index in [9.17, 15) is 4.79 Å². The molecule has 0 spiro atoms. The number of ether oxygens (including phenoxy) is 1. The third kappa shape index (κ3) is 2.71. The van der Waals surface area contributed by atoms with Gasteiger partial charge in [0.05, 0.1) is 12.6 Å². The van der Waals surface area contributed by atoms with Crippen molar-refractivity contribution in [1.82, 2.24) is 4.90 Å². The Hall–Kier alpha value is -1.39. The maximum atomic E-state index is 12.3. The normalized spacial score (nSPS) is 20.7. The number of aryl methyl sites for hydroxylation is 1. The minimum Gasteiger partial charge on any atom is -0.379 e. The van der Waals surface area contributed by atoms with Gasteiger partial charge in [-0.3, -0.25) is 4.79 Å². The highest BCUT2D eigenvalue weighted by atomic mass is 16.5. The van der Waals surface area contributed by atoms with E-state index in [1.807, 2.05) is 31.2 Å². The number of rotatable bonds is 3. The van der Waals surface area contributed by atoms with Crippen LogP contribution in [-0.4, -0.2) is 37.1 Å². The second kappa shape index (κ2) is 5.50. The minimum atomic E-state index is -0.587. The molecule has 0 saturated carbocycles. The summed E-state index contributed by atoms with van der Waals surface area (Å²) in [6.45, 7) is 3.35. The van der Waals surface area contributed by atoms with Crippen molar-refractivity contribution in [2.75, 3.05) is 20.3 Å². The first-order valence-electron chi connectivity index (χ1n) is 6.26. The summed E-state index contributed by atoms with van der Waals surface area (Å²) in [5.41, 5.74) is 8.05. The van der Waals surface area contributed by atoms with Gasteiger partial charge in [-0.05, 0) is 18.9 Å². The molecule has 0 aromatic heterocycles. The lowest BCUT2D eigenvalue weighted by molar-refractivity contribution is -0.133. The molecule has 4 nitrogen and oxygen atoms in total. The largest absolute Gasteiger partial charge is 0.379 e. The van der Waals surface area contributed by atoms with Crippen LogP contribution in [0, 0.1) is 6.92 Å². The highest BCUT2D eigenvalue weighted by Crippen LogP contribution is 2.18. The molecule has 4 heteroatoms. The van der Waals surface area contributed by atoms with Crippen molar-refractivity contribution in [2.45, 2.75) is 25.4 Å². The lowest BCUT2D eigenvalue weighted by Gasteiger charge is -2.26. The zero-order valence-electron chi connectivity index (χ0n) is 10.9. The highest BCUT2D eigenvalue weighted by molar-refractivity contribution is 5.83. The third-order valence-electron chi connectivity index (χ3n) is 3.50. The number of likely N-dealkylation sites (N-methyl/N-ethyl adjacent to an activating group) is 1. The Kier molecular flexibility index (Phi) is 3.99. The average Bonchev–Trinajstić information content (AvgIpc) is 2.91. The Morgan fingerprint density at radius 3 is 2.67 bits per heavy atom. The number of amides is 1. The van der Waals surface area contributed by atoms with Gasteiger partial charge in [0.15, 0.2) is 0 Å². The van der Waals surface area contributed by atoms with Crippen molar-refractivity contribution >= 4 is 5.91 Å². The molecule has 1 aliphatic rings. The molecular formula is C14H20N2O2. The molecule has 0 aliphatic carbocycles. The van der Waals surface area contributed by atoms with Crippen LogP contribution < -0.4 is 5.73 Å². The molecule has 1 fully saturated rings. The second-order valence-corrected chi connectivity index (χ2v) is 4.85. The number of benzene rings is 1. The second-order valence-electron chi connectivity index (χ2n) is 4.85. The zero-order valence-corrected chi connectivity index (χ0v) is 10.9. The highest BCUT2D eigenvalue weighted by Gasteiger charge is 2.28. The van der Waals surface area contributed by atoms with Gasteiger partial charge in [0, 0.05) is 13.7 Å². The summed E-state index contributed by atoms with van der Waals surface area (Å²) < 4.78 is 5.29. The standard InChI is InChI=1S/C14H20N2O2/c1-10-3-5-11(6-4-10)13(15)14(17)16(2)12-7-8-18-9-12/h3-6,12-13H,7-9,15H2,1-2H3. The van der Waals surface area contributed by atoms with Crippen LogP contribution in [0.5, 0.6) is 0 Å². The molecular weight excluding hydrogens is 228 g/mol. The van der Waals surface area contributed by atoms with Gasteiger partial charge in [0.25, 0.3) is 0 Å². The van der Waals surface area contributed by atoms with Gasteiger partial charge in [-0.15, -0.1) is 0 Å². The number of nitrogens with zero attached hydrogens (tertiary/aromatic N) is 1. The number of carbonyl (C=O) groups excluding carboxylic acids is 1. The van der Waals surface area contributed by atoms with E-state index in [1.165, 1.54) is 0 Å². The molecule has 18 heavy (non-hydrogen) atoms. The molecule has 0 bridgehead atoms. The van der Waals surface area contributed by atoms with Crippen molar-refractivity contribution in [2.24, 2.45) is 5.73 Å². The lowest BCUT2D eigenvalue weighted by atomic mass is 10.0. The Morgan fingerprint density at radius 1 is 1.44 bits per heavy atom. The van der Waals surface area contributed by atoms with E-state index in [-0.39, 0.29) is 11.9 Å². The van der Waals surface area contributed by atoms with E-state index >= 15 is 0 Å². The van der Waals surface area contributed by atoms with Crippen molar-refractivity contribution in [3.63, 3.8) is 0 Å². The number of hydrogen-bond donors (Lipinski definition) is 1. The Labute approximate surface area is 108 Å². The summed E-state index contributed by atoms with van der Waals surface area (Å²) >= 11 is 0. The molecule has 1 aromatic rings. The van der Waals surface area contributed by atoms with Gasteiger partial charge in [0.1, 0.15) is 6.04 Å². The first-order chi connectivity index (χ1) is 8.59. The van der Waals surface area contributed by atoms with Crippen molar-refractivity contribution in [3.8, 4) is 0 Å². The van der Waals surface area contributed by atoms with E-state index in [4.69, 9.17) is 10.5 Å². The molecule has 98 valence electrons. The Morgan fingerprint density at radius 2 is 2.11 bits per heavy atom. The fourth-order valence-corrected chi connectivity index (χ4v) is 2.14. The van der Waals surface area contributed by atoms with Crippen LogP contribution in [0.15, 0.2) is 24.3 Å². The molecule has 1 aromatic carbocycles. The first kappa shape index (κ1) is 13.1. The van der Waals surface area contributed by atoms with Crippen LogP contribution in [0.3, 0.4) is 0 Å². The van der Waals surface area contributed by atoms with Gasteiger partial charge in [-0.2, -0.15) is 0 Å². The first-order valence-corrected chi connectivity index (χ1v) is 6.26. The molecule has 2 rings (SSSR count). The molecule has 2 N–H and O–H groups in total. The van der Waals surface area contributed by atoms with Crippen LogP contribution in [0.25, 0.3) is 0 Å². The quantitative estimate of drug-likeness (QED) is 0.875. The lowest BCUT2D eigenvalue weighted by Crippen LogP contribution is -2.42.